The summed E-state index contributed by atoms with van der Waals surface area (Å²) in [6.45, 7) is 2.70. The van der Waals surface area contributed by atoms with Crippen molar-refractivity contribution in [2.75, 3.05) is 6.54 Å². The highest BCUT2D eigenvalue weighted by atomic mass is 35.5. The molecular weight excluding hydrogens is 329 g/mol. The lowest BCUT2D eigenvalue weighted by molar-refractivity contribution is -0.131. The molecule has 0 aliphatic carbocycles. The number of carbonyl (C=O) groups is 2. The van der Waals surface area contributed by atoms with Gasteiger partial charge >= 0.3 is 0 Å². The van der Waals surface area contributed by atoms with Crippen molar-refractivity contribution in [3.05, 3.63) is 70.5 Å². The summed E-state index contributed by atoms with van der Waals surface area (Å²) in [5, 5.41) is 0.565. The van der Waals surface area contributed by atoms with Crippen LogP contribution in [0, 0.1) is 5.82 Å². The van der Waals surface area contributed by atoms with Crippen molar-refractivity contribution in [1.29, 1.82) is 0 Å². The van der Waals surface area contributed by atoms with E-state index in [1.54, 1.807) is 41.3 Å². The van der Waals surface area contributed by atoms with Crippen LogP contribution in [0.4, 0.5) is 4.39 Å². The smallest absolute Gasteiger partial charge is 0.223 e. The molecule has 0 aliphatic heterocycles. The van der Waals surface area contributed by atoms with Gasteiger partial charge in [-0.2, -0.15) is 0 Å². The van der Waals surface area contributed by atoms with Crippen molar-refractivity contribution in [3.8, 4) is 0 Å². The molecular formula is C19H19ClFNO2. The van der Waals surface area contributed by atoms with Gasteiger partial charge in [0.2, 0.25) is 5.91 Å². The molecule has 2 aromatic rings. The van der Waals surface area contributed by atoms with Gasteiger partial charge in [0.05, 0.1) is 0 Å². The lowest BCUT2D eigenvalue weighted by atomic mass is 10.1. The predicted octanol–water partition coefficient (Wildman–Crippen LogP) is 4.49. The van der Waals surface area contributed by atoms with Crippen molar-refractivity contribution in [1.82, 2.24) is 4.90 Å². The first-order valence-electron chi connectivity index (χ1n) is 7.80. The third-order valence-electron chi connectivity index (χ3n) is 3.73. The fraction of sp³-hybridized carbons (Fsp3) is 0.263. The summed E-state index contributed by atoms with van der Waals surface area (Å²) in [7, 11) is 0. The topological polar surface area (TPSA) is 37.4 Å². The van der Waals surface area contributed by atoms with Crippen LogP contribution < -0.4 is 0 Å². The average molecular weight is 348 g/mol. The molecule has 24 heavy (non-hydrogen) atoms. The number of Topliss-reactive ketones (excluding diaryl/α,β-unsaturated/α-hetero) is 1. The summed E-state index contributed by atoms with van der Waals surface area (Å²) in [6, 6.07) is 12.8. The van der Waals surface area contributed by atoms with Gasteiger partial charge in [0, 0.05) is 36.5 Å². The highest BCUT2D eigenvalue weighted by molar-refractivity contribution is 6.30. The minimum atomic E-state index is -0.325. The second kappa shape index (κ2) is 8.60. The molecule has 0 spiro atoms. The standard InChI is InChI=1S/C19H19ClFNO2/c1-2-22(13-14-4-3-5-17(21)12-14)19(24)11-10-18(23)15-6-8-16(20)9-7-15/h3-9,12H,2,10-11,13H2,1H3. The quantitative estimate of drug-likeness (QED) is 0.692. The Hall–Kier alpha value is -2.20. The summed E-state index contributed by atoms with van der Waals surface area (Å²) in [4.78, 5) is 26.0. The fourth-order valence-corrected chi connectivity index (χ4v) is 2.52. The van der Waals surface area contributed by atoms with E-state index in [1.165, 1.54) is 12.1 Å². The van der Waals surface area contributed by atoms with Gasteiger partial charge in [-0.1, -0.05) is 23.7 Å². The molecule has 0 bridgehead atoms. The molecule has 2 rings (SSSR count). The van der Waals surface area contributed by atoms with E-state index in [4.69, 9.17) is 11.6 Å². The zero-order valence-corrected chi connectivity index (χ0v) is 14.2. The highest BCUT2D eigenvalue weighted by Crippen LogP contribution is 2.13. The van der Waals surface area contributed by atoms with Crippen molar-refractivity contribution in [2.24, 2.45) is 0 Å². The van der Waals surface area contributed by atoms with Gasteiger partial charge in [-0.3, -0.25) is 9.59 Å². The molecule has 2 aromatic carbocycles. The molecule has 0 heterocycles. The number of amides is 1. The number of carbonyl (C=O) groups excluding carboxylic acids is 2. The number of rotatable bonds is 7. The summed E-state index contributed by atoms with van der Waals surface area (Å²) in [5.41, 5.74) is 1.27. The predicted molar refractivity (Wildman–Crippen MR) is 92.5 cm³/mol. The monoisotopic (exact) mass is 347 g/mol. The van der Waals surface area contributed by atoms with Crippen LogP contribution in [0.25, 0.3) is 0 Å². The molecule has 0 saturated heterocycles. The Morgan fingerprint density at radius 3 is 2.42 bits per heavy atom. The minimum absolute atomic E-state index is 0.0955. The van der Waals surface area contributed by atoms with Crippen LogP contribution in [0.15, 0.2) is 48.5 Å². The van der Waals surface area contributed by atoms with Gasteiger partial charge in [-0.05, 0) is 48.9 Å². The number of ketones is 1. The van der Waals surface area contributed by atoms with Crippen molar-refractivity contribution in [3.63, 3.8) is 0 Å². The summed E-state index contributed by atoms with van der Waals surface area (Å²) in [6.07, 6.45) is 0.269. The maximum absolute atomic E-state index is 13.2. The van der Waals surface area contributed by atoms with E-state index in [0.717, 1.165) is 5.56 Å². The molecule has 0 atom stereocenters. The molecule has 0 N–H and O–H groups in total. The molecule has 0 fully saturated rings. The molecule has 0 aromatic heterocycles. The van der Waals surface area contributed by atoms with Crippen molar-refractivity contribution in [2.45, 2.75) is 26.3 Å². The van der Waals surface area contributed by atoms with E-state index in [-0.39, 0.29) is 30.3 Å². The van der Waals surface area contributed by atoms with E-state index < -0.39 is 0 Å². The molecule has 1 amide bonds. The average Bonchev–Trinajstić information content (AvgIpc) is 2.58. The lowest BCUT2D eigenvalue weighted by Gasteiger charge is -2.21. The molecule has 126 valence electrons. The van der Waals surface area contributed by atoms with Crippen LogP contribution >= 0.6 is 11.6 Å². The van der Waals surface area contributed by atoms with E-state index in [1.807, 2.05) is 6.92 Å². The Labute approximate surface area is 146 Å². The van der Waals surface area contributed by atoms with Crippen LogP contribution in [0.2, 0.25) is 5.02 Å². The van der Waals surface area contributed by atoms with Crippen LogP contribution in [0.3, 0.4) is 0 Å². The molecule has 5 heteroatoms. The maximum atomic E-state index is 13.2. The first-order valence-corrected chi connectivity index (χ1v) is 8.18. The molecule has 0 radical (unpaired) electrons. The first kappa shape index (κ1) is 18.1. The SMILES string of the molecule is CCN(Cc1cccc(F)c1)C(=O)CCC(=O)c1ccc(Cl)cc1. The van der Waals surface area contributed by atoms with Gasteiger partial charge in [0.15, 0.2) is 5.78 Å². The molecule has 0 unspecified atom stereocenters. The Balaban J connectivity index is 1.92. The Bertz CT molecular complexity index is 716. The summed E-state index contributed by atoms with van der Waals surface area (Å²) in [5.74, 6) is -0.542. The lowest BCUT2D eigenvalue weighted by Crippen LogP contribution is -2.30. The highest BCUT2D eigenvalue weighted by Gasteiger charge is 2.15. The van der Waals surface area contributed by atoms with E-state index >= 15 is 0 Å². The normalized spacial score (nSPS) is 10.5. The third-order valence-corrected chi connectivity index (χ3v) is 3.98. The van der Waals surface area contributed by atoms with Crippen LogP contribution in [0.5, 0.6) is 0 Å². The summed E-state index contributed by atoms with van der Waals surface area (Å²) < 4.78 is 13.2. The summed E-state index contributed by atoms with van der Waals surface area (Å²) >= 11 is 5.79. The van der Waals surface area contributed by atoms with Gasteiger partial charge < -0.3 is 4.90 Å². The van der Waals surface area contributed by atoms with Crippen molar-refractivity contribution >= 4 is 23.3 Å². The van der Waals surface area contributed by atoms with E-state index in [2.05, 4.69) is 0 Å². The zero-order valence-electron chi connectivity index (χ0n) is 13.5. The zero-order chi connectivity index (χ0) is 17.5. The Kier molecular flexibility index (Phi) is 6.50. The van der Waals surface area contributed by atoms with E-state index in [9.17, 15) is 14.0 Å². The second-order valence-corrected chi connectivity index (χ2v) is 5.90. The number of halogens is 2. The van der Waals surface area contributed by atoms with Gasteiger partial charge in [-0.25, -0.2) is 4.39 Å². The number of benzene rings is 2. The van der Waals surface area contributed by atoms with Gasteiger partial charge in [0.25, 0.3) is 0 Å². The Morgan fingerprint density at radius 1 is 1.08 bits per heavy atom. The van der Waals surface area contributed by atoms with Crippen LogP contribution in [-0.4, -0.2) is 23.1 Å². The fourth-order valence-electron chi connectivity index (χ4n) is 2.39. The maximum Gasteiger partial charge on any atom is 0.223 e. The Morgan fingerprint density at radius 2 is 1.79 bits per heavy atom. The first-order chi connectivity index (χ1) is 11.5. The van der Waals surface area contributed by atoms with Crippen LogP contribution in [0.1, 0.15) is 35.7 Å². The molecule has 3 nitrogen and oxygen atoms in total. The van der Waals surface area contributed by atoms with E-state index in [0.29, 0.717) is 23.7 Å². The molecule has 0 saturated carbocycles. The number of nitrogens with zero attached hydrogens (tertiary/aromatic N) is 1. The molecule has 0 aliphatic rings. The van der Waals surface area contributed by atoms with Crippen LogP contribution in [-0.2, 0) is 11.3 Å². The van der Waals surface area contributed by atoms with Crippen molar-refractivity contribution < 1.29 is 14.0 Å². The largest absolute Gasteiger partial charge is 0.339 e. The second-order valence-electron chi connectivity index (χ2n) is 5.47. The van der Waals surface area contributed by atoms with Gasteiger partial charge in [-0.15, -0.1) is 0 Å². The number of hydrogen-bond acceptors (Lipinski definition) is 2. The number of hydrogen-bond donors (Lipinski definition) is 0. The minimum Gasteiger partial charge on any atom is -0.339 e. The third kappa shape index (κ3) is 5.17. The van der Waals surface area contributed by atoms with Gasteiger partial charge in [0.1, 0.15) is 5.82 Å².